The fraction of sp³-hybridized carbons (Fsp3) is 0.786. The molecule has 0 atom stereocenters. The molecule has 3 nitrogen and oxygen atoms in total. The molecule has 0 unspecified atom stereocenters. The second-order valence-electron chi connectivity index (χ2n) is 4.95. The molecular weight excluding hydrogens is 282 g/mol. The number of hydrogen-bond donors (Lipinski definition) is 0. The predicted molar refractivity (Wildman–Crippen MR) is 79.0 cm³/mol. The molecule has 1 aromatic rings. The first kappa shape index (κ1) is 15.2. The Kier molecular flexibility index (Phi) is 7.14. The van der Waals surface area contributed by atoms with E-state index in [0.29, 0.717) is 11.8 Å². The van der Waals surface area contributed by atoms with E-state index in [-0.39, 0.29) is 0 Å². The standard InChI is InChI=1S/C14H22ClNO2S/c15-9-13-11-19-14(16-13)3-1-2-6-18-10-12-4-7-17-8-5-12/h11-12H,1-10H2. The lowest BCUT2D eigenvalue weighted by Crippen LogP contribution is -2.20. The lowest BCUT2D eigenvalue weighted by Gasteiger charge is -2.21. The van der Waals surface area contributed by atoms with Crippen LogP contribution in [0.4, 0.5) is 0 Å². The normalized spacial score (nSPS) is 16.9. The fourth-order valence-electron chi connectivity index (χ4n) is 2.17. The summed E-state index contributed by atoms with van der Waals surface area (Å²) in [6, 6.07) is 0. The molecule has 5 heteroatoms. The molecule has 0 radical (unpaired) electrons. The van der Waals surface area contributed by atoms with Crippen molar-refractivity contribution in [1.29, 1.82) is 0 Å². The second kappa shape index (κ2) is 8.90. The minimum atomic E-state index is 0.519. The SMILES string of the molecule is ClCc1csc(CCCCOCC2CCOCC2)n1. The van der Waals surface area contributed by atoms with Crippen LogP contribution < -0.4 is 0 Å². The van der Waals surface area contributed by atoms with Crippen LogP contribution in [0, 0.1) is 5.92 Å². The topological polar surface area (TPSA) is 31.4 Å². The van der Waals surface area contributed by atoms with E-state index in [2.05, 4.69) is 4.98 Å². The van der Waals surface area contributed by atoms with Crippen LogP contribution in [0.2, 0.25) is 0 Å². The van der Waals surface area contributed by atoms with E-state index in [1.54, 1.807) is 11.3 Å². The van der Waals surface area contributed by atoms with Crippen molar-refractivity contribution in [1.82, 2.24) is 4.98 Å². The van der Waals surface area contributed by atoms with E-state index >= 15 is 0 Å². The summed E-state index contributed by atoms with van der Waals surface area (Å²) in [4.78, 5) is 4.45. The van der Waals surface area contributed by atoms with Crippen molar-refractivity contribution < 1.29 is 9.47 Å². The number of ether oxygens (including phenoxy) is 2. The van der Waals surface area contributed by atoms with E-state index in [4.69, 9.17) is 21.1 Å². The molecule has 2 rings (SSSR count). The summed E-state index contributed by atoms with van der Waals surface area (Å²) in [5, 5.41) is 3.24. The largest absolute Gasteiger partial charge is 0.381 e. The highest BCUT2D eigenvalue weighted by molar-refractivity contribution is 7.09. The highest BCUT2D eigenvalue weighted by Gasteiger charge is 2.13. The maximum absolute atomic E-state index is 5.74. The van der Waals surface area contributed by atoms with Gasteiger partial charge in [0.15, 0.2) is 0 Å². The quantitative estimate of drug-likeness (QED) is 0.542. The van der Waals surface area contributed by atoms with Crippen molar-refractivity contribution >= 4 is 22.9 Å². The van der Waals surface area contributed by atoms with Gasteiger partial charge in [0.05, 0.1) is 16.6 Å². The average Bonchev–Trinajstić information content (AvgIpc) is 2.92. The molecule has 1 aliphatic heterocycles. The molecule has 1 saturated heterocycles. The van der Waals surface area contributed by atoms with E-state index in [0.717, 1.165) is 64.2 Å². The Morgan fingerprint density at radius 2 is 2.21 bits per heavy atom. The van der Waals surface area contributed by atoms with Crippen LogP contribution in [0.15, 0.2) is 5.38 Å². The molecule has 1 aliphatic rings. The predicted octanol–water partition coefficient (Wildman–Crippen LogP) is 3.65. The summed E-state index contributed by atoms with van der Waals surface area (Å²) in [6.07, 6.45) is 5.60. The molecule has 0 aliphatic carbocycles. The van der Waals surface area contributed by atoms with Crippen molar-refractivity contribution in [3.8, 4) is 0 Å². The van der Waals surface area contributed by atoms with E-state index in [9.17, 15) is 0 Å². The van der Waals surface area contributed by atoms with Gasteiger partial charge in [-0.1, -0.05) is 0 Å². The number of nitrogens with zero attached hydrogens (tertiary/aromatic N) is 1. The number of aryl methyl sites for hydroxylation is 1. The summed E-state index contributed by atoms with van der Waals surface area (Å²) in [6.45, 7) is 3.57. The number of rotatable bonds is 8. The third kappa shape index (κ3) is 5.78. The van der Waals surface area contributed by atoms with Gasteiger partial charge in [-0.15, -0.1) is 22.9 Å². The molecule has 1 fully saturated rings. The summed E-state index contributed by atoms with van der Waals surface area (Å²) < 4.78 is 11.1. The van der Waals surface area contributed by atoms with Crippen molar-refractivity contribution in [3.63, 3.8) is 0 Å². The number of alkyl halides is 1. The molecule has 19 heavy (non-hydrogen) atoms. The maximum atomic E-state index is 5.74. The van der Waals surface area contributed by atoms with Gasteiger partial charge in [0.25, 0.3) is 0 Å². The summed E-state index contributed by atoms with van der Waals surface area (Å²) in [5.41, 5.74) is 0.998. The van der Waals surface area contributed by atoms with Gasteiger partial charge in [-0.3, -0.25) is 0 Å². The second-order valence-corrected chi connectivity index (χ2v) is 6.16. The monoisotopic (exact) mass is 303 g/mol. The zero-order valence-corrected chi connectivity index (χ0v) is 12.8. The molecule has 2 heterocycles. The van der Waals surface area contributed by atoms with Crippen molar-refractivity contribution in [2.75, 3.05) is 26.4 Å². The maximum Gasteiger partial charge on any atom is 0.0928 e. The number of unbranched alkanes of at least 4 members (excludes halogenated alkanes) is 1. The van der Waals surface area contributed by atoms with Gasteiger partial charge >= 0.3 is 0 Å². The third-order valence-electron chi connectivity index (χ3n) is 3.36. The van der Waals surface area contributed by atoms with Gasteiger partial charge in [0.1, 0.15) is 0 Å². The Morgan fingerprint density at radius 1 is 1.37 bits per heavy atom. The minimum Gasteiger partial charge on any atom is -0.381 e. The van der Waals surface area contributed by atoms with Crippen LogP contribution in [0.5, 0.6) is 0 Å². The Balaban J connectivity index is 1.47. The Hall–Kier alpha value is -0.160. The molecule has 0 spiro atoms. The third-order valence-corrected chi connectivity index (χ3v) is 4.59. The summed E-state index contributed by atoms with van der Waals surface area (Å²) >= 11 is 7.44. The Labute approximate surface area is 124 Å². The number of halogens is 1. The van der Waals surface area contributed by atoms with Gasteiger partial charge in [0.2, 0.25) is 0 Å². The van der Waals surface area contributed by atoms with Crippen molar-refractivity contribution in [3.05, 3.63) is 16.1 Å². The zero-order chi connectivity index (χ0) is 13.3. The number of thiazole rings is 1. The first-order valence-corrected chi connectivity index (χ1v) is 8.44. The first-order valence-electron chi connectivity index (χ1n) is 7.03. The van der Waals surface area contributed by atoms with Gasteiger partial charge in [0, 0.05) is 31.8 Å². The van der Waals surface area contributed by atoms with E-state index in [1.807, 2.05) is 5.38 Å². The highest BCUT2D eigenvalue weighted by atomic mass is 35.5. The first-order chi connectivity index (χ1) is 9.38. The molecule has 0 saturated carbocycles. The van der Waals surface area contributed by atoms with Crippen molar-refractivity contribution in [2.45, 2.75) is 38.0 Å². The molecule has 1 aromatic heterocycles. The molecule has 0 N–H and O–H groups in total. The van der Waals surface area contributed by atoms with E-state index in [1.165, 1.54) is 5.01 Å². The minimum absolute atomic E-state index is 0.519. The van der Waals surface area contributed by atoms with Gasteiger partial charge in [-0.05, 0) is 38.0 Å². The molecular formula is C14H22ClNO2S. The molecule has 108 valence electrons. The molecule has 0 aromatic carbocycles. The smallest absolute Gasteiger partial charge is 0.0928 e. The molecule has 0 bridgehead atoms. The van der Waals surface area contributed by atoms with Crippen LogP contribution >= 0.6 is 22.9 Å². The van der Waals surface area contributed by atoms with Crippen LogP contribution in [0.3, 0.4) is 0 Å². The van der Waals surface area contributed by atoms with Crippen LogP contribution in [0.1, 0.15) is 36.4 Å². The summed E-state index contributed by atoms with van der Waals surface area (Å²) in [7, 11) is 0. The van der Waals surface area contributed by atoms with Gasteiger partial charge < -0.3 is 9.47 Å². The van der Waals surface area contributed by atoms with Crippen LogP contribution in [-0.4, -0.2) is 31.4 Å². The highest BCUT2D eigenvalue weighted by Crippen LogP contribution is 2.16. The number of hydrogen-bond acceptors (Lipinski definition) is 4. The van der Waals surface area contributed by atoms with Gasteiger partial charge in [-0.2, -0.15) is 0 Å². The fourth-order valence-corrected chi connectivity index (χ4v) is 3.24. The van der Waals surface area contributed by atoms with Crippen molar-refractivity contribution in [2.24, 2.45) is 5.92 Å². The average molecular weight is 304 g/mol. The lowest BCUT2D eigenvalue weighted by molar-refractivity contribution is 0.0199. The van der Waals surface area contributed by atoms with Gasteiger partial charge in [-0.25, -0.2) is 4.98 Å². The number of aromatic nitrogens is 1. The summed E-state index contributed by atoms with van der Waals surface area (Å²) in [5.74, 6) is 1.23. The van der Waals surface area contributed by atoms with Crippen LogP contribution in [0.25, 0.3) is 0 Å². The Morgan fingerprint density at radius 3 is 2.95 bits per heavy atom. The molecule has 0 amide bonds. The lowest BCUT2D eigenvalue weighted by atomic mass is 10.0. The van der Waals surface area contributed by atoms with Crippen LogP contribution in [-0.2, 0) is 21.8 Å². The Bertz CT molecular complexity index is 353. The van der Waals surface area contributed by atoms with E-state index < -0.39 is 0 Å². The zero-order valence-electron chi connectivity index (χ0n) is 11.3.